The van der Waals surface area contributed by atoms with Gasteiger partial charge in [0.25, 0.3) is 5.91 Å². The third-order valence-electron chi connectivity index (χ3n) is 3.16. The Labute approximate surface area is 126 Å². The van der Waals surface area contributed by atoms with Crippen molar-refractivity contribution in [3.8, 4) is 0 Å². The minimum absolute atomic E-state index is 0.0326. The SMILES string of the molecule is CCc1cc(C(=O)N(CC)CCCN(C)C)cc(Cl)n1. The molecule has 0 unspecified atom stereocenters. The van der Waals surface area contributed by atoms with Crippen LogP contribution in [0.15, 0.2) is 12.1 Å². The maximum Gasteiger partial charge on any atom is 0.254 e. The second kappa shape index (κ2) is 8.22. The van der Waals surface area contributed by atoms with E-state index in [1.54, 1.807) is 6.07 Å². The van der Waals surface area contributed by atoms with Gasteiger partial charge >= 0.3 is 0 Å². The zero-order valence-corrected chi connectivity index (χ0v) is 13.6. The Morgan fingerprint density at radius 3 is 2.50 bits per heavy atom. The first-order chi connectivity index (χ1) is 9.47. The van der Waals surface area contributed by atoms with Crippen LogP contribution in [0.4, 0.5) is 0 Å². The summed E-state index contributed by atoms with van der Waals surface area (Å²) in [5, 5.41) is 0.386. The van der Waals surface area contributed by atoms with Gasteiger partial charge in [-0.1, -0.05) is 18.5 Å². The Kier molecular flexibility index (Phi) is 6.96. The van der Waals surface area contributed by atoms with E-state index >= 15 is 0 Å². The fourth-order valence-electron chi connectivity index (χ4n) is 2.02. The van der Waals surface area contributed by atoms with E-state index in [0.717, 1.165) is 31.6 Å². The van der Waals surface area contributed by atoms with Gasteiger partial charge in [-0.25, -0.2) is 4.98 Å². The first kappa shape index (κ1) is 16.9. The van der Waals surface area contributed by atoms with E-state index in [1.807, 2.05) is 38.9 Å². The number of carbonyl (C=O) groups excluding carboxylic acids is 1. The van der Waals surface area contributed by atoms with Crippen molar-refractivity contribution in [2.75, 3.05) is 33.7 Å². The quantitative estimate of drug-likeness (QED) is 0.726. The highest BCUT2D eigenvalue weighted by Gasteiger charge is 2.15. The molecule has 1 aromatic heterocycles. The number of aryl methyl sites for hydroxylation is 1. The molecule has 1 aromatic rings. The number of carbonyl (C=O) groups is 1. The molecule has 1 heterocycles. The van der Waals surface area contributed by atoms with Crippen molar-refractivity contribution in [2.45, 2.75) is 26.7 Å². The van der Waals surface area contributed by atoms with Crippen molar-refractivity contribution < 1.29 is 4.79 Å². The van der Waals surface area contributed by atoms with Gasteiger partial charge in [-0.05, 0) is 52.5 Å². The molecule has 1 rings (SSSR count). The molecule has 0 fully saturated rings. The number of hydrogen-bond acceptors (Lipinski definition) is 3. The van der Waals surface area contributed by atoms with E-state index in [4.69, 9.17) is 11.6 Å². The van der Waals surface area contributed by atoms with Crippen LogP contribution < -0.4 is 0 Å². The third kappa shape index (κ3) is 5.10. The summed E-state index contributed by atoms with van der Waals surface area (Å²) in [7, 11) is 4.07. The summed E-state index contributed by atoms with van der Waals surface area (Å²) in [5.41, 5.74) is 1.48. The van der Waals surface area contributed by atoms with Crippen molar-refractivity contribution in [3.05, 3.63) is 28.5 Å². The molecule has 0 atom stereocenters. The van der Waals surface area contributed by atoms with Crippen LogP contribution in [0, 0.1) is 0 Å². The average molecular weight is 298 g/mol. The zero-order chi connectivity index (χ0) is 15.1. The Bertz CT molecular complexity index is 449. The molecule has 112 valence electrons. The van der Waals surface area contributed by atoms with Crippen molar-refractivity contribution in [1.82, 2.24) is 14.8 Å². The van der Waals surface area contributed by atoms with Crippen LogP contribution in [-0.4, -0.2) is 54.4 Å². The summed E-state index contributed by atoms with van der Waals surface area (Å²) in [4.78, 5) is 20.7. The number of amides is 1. The van der Waals surface area contributed by atoms with Gasteiger partial charge in [-0.3, -0.25) is 4.79 Å². The third-order valence-corrected chi connectivity index (χ3v) is 3.35. The fourth-order valence-corrected chi connectivity index (χ4v) is 2.25. The van der Waals surface area contributed by atoms with Gasteiger partial charge in [0.05, 0.1) is 0 Å². The summed E-state index contributed by atoms with van der Waals surface area (Å²) < 4.78 is 0. The summed E-state index contributed by atoms with van der Waals surface area (Å²) in [6, 6.07) is 3.49. The highest BCUT2D eigenvalue weighted by atomic mass is 35.5. The van der Waals surface area contributed by atoms with E-state index in [9.17, 15) is 4.79 Å². The Balaban J connectivity index is 2.77. The van der Waals surface area contributed by atoms with Crippen molar-refractivity contribution >= 4 is 17.5 Å². The molecule has 0 saturated heterocycles. The highest BCUT2D eigenvalue weighted by Crippen LogP contribution is 2.14. The molecule has 0 aliphatic carbocycles. The lowest BCUT2D eigenvalue weighted by Crippen LogP contribution is -2.33. The lowest BCUT2D eigenvalue weighted by Gasteiger charge is -2.22. The first-order valence-electron chi connectivity index (χ1n) is 7.08. The lowest BCUT2D eigenvalue weighted by molar-refractivity contribution is 0.0759. The topological polar surface area (TPSA) is 36.4 Å². The minimum atomic E-state index is 0.0326. The number of nitrogens with zero attached hydrogens (tertiary/aromatic N) is 3. The molecule has 0 radical (unpaired) electrons. The smallest absolute Gasteiger partial charge is 0.254 e. The largest absolute Gasteiger partial charge is 0.339 e. The predicted octanol–water partition coefficient (Wildman–Crippen LogP) is 2.71. The van der Waals surface area contributed by atoms with Gasteiger partial charge < -0.3 is 9.80 Å². The number of halogens is 1. The molecule has 0 saturated carbocycles. The predicted molar refractivity (Wildman–Crippen MR) is 83.4 cm³/mol. The molecule has 0 aliphatic heterocycles. The lowest BCUT2D eigenvalue weighted by atomic mass is 10.1. The molecule has 0 aromatic carbocycles. The molecule has 0 N–H and O–H groups in total. The van der Waals surface area contributed by atoms with Gasteiger partial charge in [0.2, 0.25) is 0 Å². The normalized spacial score (nSPS) is 10.9. The van der Waals surface area contributed by atoms with Crippen LogP contribution >= 0.6 is 11.6 Å². The van der Waals surface area contributed by atoms with E-state index < -0.39 is 0 Å². The summed E-state index contributed by atoms with van der Waals surface area (Å²) in [6.07, 6.45) is 1.74. The molecular formula is C15H24ClN3O. The maximum absolute atomic E-state index is 12.5. The number of aromatic nitrogens is 1. The molecule has 1 amide bonds. The van der Waals surface area contributed by atoms with E-state index in [1.165, 1.54) is 0 Å². The van der Waals surface area contributed by atoms with Crippen LogP contribution in [0.25, 0.3) is 0 Å². The molecule has 0 spiro atoms. The molecule has 0 aliphatic rings. The number of pyridine rings is 1. The zero-order valence-electron chi connectivity index (χ0n) is 12.8. The van der Waals surface area contributed by atoms with Crippen molar-refractivity contribution in [3.63, 3.8) is 0 Å². The highest BCUT2D eigenvalue weighted by molar-refractivity contribution is 6.29. The van der Waals surface area contributed by atoms with Crippen LogP contribution in [0.3, 0.4) is 0 Å². The van der Waals surface area contributed by atoms with E-state index in [2.05, 4.69) is 9.88 Å². The average Bonchev–Trinajstić information content (AvgIpc) is 2.41. The fraction of sp³-hybridized carbons (Fsp3) is 0.600. The number of hydrogen-bond donors (Lipinski definition) is 0. The second-order valence-corrected chi connectivity index (χ2v) is 5.45. The summed E-state index contributed by atoms with van der Waals surface area (Å²) in [5.74, 6) is 0.0326. The van der Waals surface area contributed by atoms with Gasteiger partial charge in [0.15, 0.2) is 0 Å². The van der Waals surface area contributed by atoms with Crippen LogP contribution in [-0.2, 0) is 6.42 Å². The van der Waals surface area contributed by atoms with Crippen LogP contribution in [0.1, 0.15) is 36.3 Å². The summed E-state index contributed by atoms with van der Waals surface area (Å²) >= 11 is 5.98. The Morgan fingerprint density at radius 2 is 1.95 bits per heavy atom. The Hall–Kier alpha value is -1.13. The van der Waals surface area contributed by atoms with Crippen molar-refractivity contribution in [2.24, 2.45) is 0 Å². The van der Waals surface area contributed by atoms with Gasteiger partial charge in [0.1, 0.15) is 5.15 Å². The molecular weight excluding hydrogens is 274 g/mol. The van der Waals surface area contributed by atoms with E-state index in [-0.39, 0.29) is 5.91 Å². The second-order valence-electron chi connectivity index (χ2n) is 5.07. The maximum atomic E-state index is 12.5. The van der Waals surface area contributed by atoms with Gasteiger partial charge in [-0.15, -0.1) is 0 Å². The molecule has 5 heteroatoms. The molecule has 0 bridgehead atoms. The van der Waals surface area contributed by atoms with Gasteiger partial charge in [-0.2, -0.15) is 0 Å². The van der Waals surface area contributed by atoms with Crippen LogP contribution in [0.2, 0.25) is 5.15 Å². The Morgan fingerprint density at radius 1 is 1.25 bits per heavy atom. The summed E-state index contributed by atoms with van der Waals surface area (Å²) in [6.45, 7) is 6.43. The monoisotopic (exact) mass is 297 g/mol. The van der Waals surface area contributed by atoms with Gasteiger partial charge in [0, 0.05) is 24.3 Å². The standard InChI is InChI=1S/C15H24ClN3O/c1-5-13-10-12(11-14(16)17-13)15(20)19(6-2)9-7-8-18(3)4/h10-11H,5-9H2,1-4H3. The first-order valence-corrected chi connectivity index (χ1v) is 7.46. The van der Waals surface area contributed by atoms with Crippen molar-refractivity contribution in [1.29, 1.82) is 0 Å². The molecule has 20 heavy (non-hydrogen) atoms. The van der Waals surface area contributed by atoms with Crippen LogP contribution in [0.5, 0.6) is 0 Å². The van der Waals surface area contributed by atoms with E-state index in [0.29, 0.717) is 17.3 Å². The number of rotatable bonds is 7. The molecule has 4 nitrogen and oxygen atoms in total. The minimum Gasteiger partial charge on any atom is -0.339 e.